The second kappa shape index (κ2) is 13.2. The Labute approximate surface area is 291 Å². The fourth-order valence-electron chi connectivity index (χ4n) is 7.00. The summed E-state index contributed by atoms with van der Waals surface area (Å²) in [5, 5.41) is 85.2. The number of benzene rings is 4. The van der Waals surface area contributed by atoms with Gasteiger partial charge in [0.15, 0.2) is 5.78 Å². The molecule has 51 heavy (non-hydrogen) atoms. The first-order valence-electron chi connectivity index (χ1n) is 16.1. The second-order valence-corrected chi connectivity index (χ2v) is 13.1. The van der Waals surface area contributed by atoms with Crippen LogP contribution in [-0.2, 0) is 6.42 Å². The number of allylic oxidation sites excluding steroid dienone is 4. The fourth-order valence-corrected chi connectivity index (χ4v) is 7.00. The first-order chi connectivity index (χ1) is 24.2. The van der Waals surface area contributed by atoms with Crippen LogP contribution in [0.1, 0.15) is 66.1 Å². The topological polar surface area (TPSA) is 209 Å². The van der Waals surface area contributed by atoms with Crippen LogP contribution in [0.5, 0.6) is 46.0 Å². The number of hydrogen-bond acceptors (Lipinski definition) is 11. The number of phenolic OH excluding ortho intramolecular Hbond substituents is 8. The summed E-state index contributed by atoms with van der Waals surface area (Å²) in [7, 11) is 0. The molecule has 3 atom stereocenters. The van der Waals surface area contributed by atoms with Crippen LogP contribution >= 0.6 is 0 Å². The molecule has 0 amide bonds. The first kappa shape index (κ1) is 34.5. The average molecular weight is 693 g/mol. The van der Waals surface area contributed by atoms with Crippen LogP contribution in [-0.4, -0.2) is 46.6 Å². The maximum atomic E-state index is 14.6. The van der Waals surface area contributed by atoms with Gasteiger partial charge in [-0.2, -0.15) is 0 Å². The summed E-state index contributed by atoms with van der Waals surface area (Å²) in [6, 6.07) is 12.2. The number of rotatable bonds is 7. The third kappa shape index (κ3) is 6.29. The highest BCUT2D eigenvalue weighted by Gasteiger charge is 2.43. The standard InChI is InChI=1S/C40H36O11/c1-18(2)4-8-26-38(50)36-33(48)17-32(47)35(40(36)51-39(26)25-11-7-22(43)16-31(25)46)28-13-19(3)12-27(23-9-5-20(41)14-29(23)44)34(28)37(49)24-10-6-21(42)15-30(24)45/h4-7,9-11,13-17,27-28,34,41-48H,8,12H2,1-3H3/t27-,28+,34-/m0/s1. The number of carbonyl (C=O) groups is 1. The van der Waals surface area contributed by atoms with Gasteiger partial charge in [0.05, 0.1) is 11.1 Å². The zero-order valence-electron chi connectivity index (χ0n) is 27.9. The third-order valence-corrected chi connectivity index (χ3v) is 9.32. The number of aromatic hydroxyl groups is 8. The highest BCUT2D eigenvalue weighted by Crippen LogP contribution is 2.53. The van der Waals surface area contributed by atoms with Crippen LogP contribution in [0.2, 0.25) is 0 Å². The fraction of sp³-hybridized carbons (Fsp3) is 0.200. The van der Waals surface area contributed by atoms with Gasteiger partial charge in [0.1, 0.15) is 62.7 Å². The van der Waals surface area contributed by atoms with Crippen molar-refractivity contribution >= 4 is 16.8 Å². The Morgan fingerprint density at radius 1 is 0.784 bits per heavy atom. The molecule has 1 aromatic heterocycles. The van der Waals surface area contributed by atoms with E-state index in [1.165, 1.54) is 36.4 Å². The van der Waals surface area contributed by atoms with Gasteiger partial charge in [-0.05, 0) is 69.5 Å². The lowest BCUT2D eigenvalue weighted by molar-refractivity contribution is 0.0877. The Hall–Kier alpha value is -6.36. The molecule has 0 radical (unpaired) electrons. The van der Waals surface area contributed by atoms with Gasteiger partial charge in [-0.3, -0.25) is 9.59 Å². The molecule has 0 saturated heterocycles. The second-order valence-electron chi connectivity index (χ2n) is 13.1. The molecule has 6 rings (SSSR count). The minimum absolute atomic E-state index is 0.0395. The lowest BCUT2D eigenvalue weighted by Crippen LogP contribution is -2.32. The number of phenols is 8. The van der Waals surface area contributed by atoms with Gasteiger partial charge in [-0.15, -0.1) is 0 Å². The van der Waals surface area contributed by atoms with Crippen molar-refractivity contribution in [2.45, 2.75) is 45.4 Å². The SMILES string of the molecule is CC(C)=CCc1c(-c2ccc(O)cc2O)oc2c([C@@H]3C=C(C)C[C@@H](c4ccc(O)cc4O)[C@@H]3C(=O)c3ccc(O)cc3O)c(O)cc(O)c2c1=O. The van der Waals surface area contributed by atoms with Crippen molar-refractivity contribution in [1.29, 1.82) is 0 Å². The Balaban J connectivity index is 1.70. The van der Waals surface area contributed by atoms with Crippen LogP contribution < -0.4 is 5.43 Å². The van der Waals surface area contributed by atoms with Gasteiger partial charge >= 0.3 is 0 Å². The van der Waals surface area contributed by atoms with E-state index < -0.39 is 52.0 Å². The summed E-state index contributed by atoms with van der Waals surface area (Å²) in [5.41, 5.74) is 0.810. The Morgan fingerprint density at radius 3 is 2.04 bits per heavy atom. The van der Waals surface area contributed by atoms with Crippen LogP contribution in [0, 0.1) is 5.92 Å². The van der Waals surface area contributed by atoms with Crippen molar-refractivity contribution in [2.24, 2.45) is 5.92 Å². The maximum Gasteiger partial charge on any atom is 0.200 e. The molecule has 262 valence electrons. The highest BCUT2D eigenvalue weighted by molar-refractivity contribution is 6.02. The lowest BCUT2D eigenvalue weighted by Gasteiger charge is -2.37. The molecular weight excluding hydrogens is 656 g/mol. The monoisotopic (exact) mass is 692 g/mol. The van der Waals surface area contributed by atoms with E-state index in [2.05, 4.69) is 0 Å². The molecular formula is C40H36O11. The van der Waals surface area contributed by atoms with Crippen molar-refractivity contribution in [3.63, 3.8) is 0 Å². The van der Waals surface area contributed by atoms with Crippen molar-refractivity contribution in [3.05, 3.63) is 116 Å². The van der Waals surface area contributed by atoms with Gasteiger partial charge in [0.2, 0.25) is 5.43 Å². The predicted octanol–water partition coefficient (Wildman–Crippen LogP) is 7.33. The number of fused-ring (bicyclic) bond motifs is 1. The number of Topliss-reactive ketones (excluding diaryl/α,β-unsaturated/α-hetero) is 1. The van der Waals surface area contributed by atoms with E-state index in [-0.39, 0.29) is 80.4 Å². The van der Waals surface area contributed by atoms with E-state index in [9.17, 15) is 50.4 Å². The van der Waals surface area contributed by atoms with Crippen LogP contribution in [0.4, 0.5) is 0 Å². The summed E-state index contributed by atoms with van der Waals surface area (Å²) in [6.45, 7) is 5.44. The predicted molar refractivity (Wildman–Crippen MR) is 189 cm³/mol. The Kier molecular flexibility index (Phi) is 8.90. The molecule has 11 heteroatoms. The van der Waals surface area contributed by atoms with Gasteiger partial charge < -0.3 is 45.3 Å². The molecule has 5 aromatic rings. The average Bonchev–Trinajstić information content (AvgIpc) is 3.03. The van der Waals surface area contributed by atoms with Crippen LogP contribution in [0.3, 0.4) is 0 Å². The van der Waals surface area contributed by atoms with E-state index >= 15 is 0 Å². The van der Waals surface area contributed by atoms with Crippen LogP contribution in [0.15, 0.2) is 93.2 Å². The largest absolute Gasteiger partial charge is 0.508 e. The Bertz CT molecular complexity index is 2340. The van der Waals surface area contributed by atoms with Gasteiger partial charge in [0, 0.05) is 53.1 Å². The molecule has 1 aliphatic rings. The molecule has 0 spiro atoms. The molecule has 1 heterocycles. The molecule has 11 nitrogen and oxygen atoms in total. The van der Waals surface area contributed by atoms with Crippen molar-refractivity contribution in [3.8, 4) is 57.3 Å². The molecule has 0 aliphatic heterocycles. The van der Waals surface area contributed by atoms with E-state index in [4.69, 9.17) is 4.42 Å². The zero-order chi connectivity index (χ0) is 36.9. The molecule has 1 aliphatic carbocycles. The Morgan fingerprint density at radius 2 is 1.41 bits per heavy atom. The molecule has 8 N–H and O–H groups in total. The van der Waals surface area contributed by atoms with Crippen molar-refractivity contribution < 1.29 is 50.1 Å². The molecule has 0 unspecified atom stereocenters. The van der Waals surface area contributed by atoms with Crippen molar-refractivity contribution in [2.75, 3.05) is 0 Å². The summed E-state index contributed by atoms with van der Waals surface area (Å²) in [5.74, 6) is -6.99. The summed E-state index contributed by atoms with van der Waals surface area (Å²) < 4.78 is 6.45. The summed E-state index contributed by atoms with van der Waals surface area (Å²) in [4.78, 5) is 29.0. The number of hydrogen-bond donors (Lipinski definition) is 8. The molecule has 0 fully saturated rings. The van der Waals surface area contributed by atoms with Gasteiger partial charge in [0.25, 0.3) is 0 Å². The lowest BCUT2D eigenvalue weighted by atomic mass is 9.65. The first-order valence-corrected chi connectivity index (χ1v) is 16.1. The number of ketones is 1. The molecule has 4 aromatic carbocycles. The highest BCUT2D eigenvalue weighted by atomic mass is 16.3. The smallest absolute Gasteiger partial charge is 0.200 e. The van der Waals surface area contributed by atoms with E-state index in [0.717, 1.165) is 35.4 Å². The van der Waals surface area contributed by atoms with Gasteiger partial charge in [-0.25, -0.2) is 0 Å². The van der Waals surface area contributed by atoms with Crippen LogP contribution in [0.25, 0.3) is 22.3 Å². The maximum absolute atomic E-state index is 14.6. The van der Waals surface area contributed by atoms with Crippen molar-refractivity contribution in [1.82, 2.24) is 0 Å². The van der Waals surface area contributed by atoms with E-state index in [1.54, 1.807) is 19.1 Å². The van der Waals surface area contributed by atoms with E-state index in [0.29, 0.717) is 0 Å². The minimum Gasteiger partial charge on any atom is -0.508 e. The molecule has 0 bridgehead atoms. The molecule has 0 saturated carbocycles. The normalized spacial score (nSPS) is 17.2. The zero-order valence-corrected chi connectivity index (χ0v) is 27.9. The summed E-state index contributed by atoms with van der Waals surface area (Å²) >= 11 is 0. The third-order valence-electron chi connectivity index (χ3n) is 9.32. The quantitative estimate of drug-likeness (QED) is 0.0625. The summed E-state index contributed by atoms with van der Waals surface area (Å²) in [6.07, 6.45) is 3.73. The number of carbonyl (C=O) groups excluding carboxylic acids is 1. The van der Waals surface area contributed by atoms with Gasteiger partial charge in [-0.1, -0.05) is 29.4 Å². The van der Waals surface area contributed by atoms with E-state index in [1.807, 2.05) is 13.8 Å². The minimum atomic E-state index is -1.21.